The van der Waals surface area contributed by atoms with E-state index < -0.39 is 0 Å². The average molecular weight is 212 g/mol. The molecule has 0 saturated heterocycles. The molecule has 1 unspecified atom stereocenters. The second kappa shape index (κ2) is 4.45. The zero-order chi connectivity index (χ0) is 10.8. The lowest BCUT2D eigenvalue weighted by Crippen LogP contribution is -2.08. The molecule has 1 heterocycles. The summed E-state index contributed by atoms with van der Waals surface area (Å²) in [6, 6.07) is 0. The highest BCUT2D eigenvalue weighted by Crippen LogP contribution is 2.29. The van der Waals surface area contributed by atoms with E-state index in [4.69, 9.17) is 0 Å². The Morgan fingerprint density at radius 2 is 2.00 bits per heavy atom. The monoisotopic (exact) mass is 212 g/mol. The van der Waals surface area contributed by atoms with Crippen LogP contribution in [0.15, 0.2) is 10.8 Å². The first-order chi connectivity index (χ1) is 6.40. The molecule has 0 aliphatic carbocycles. The maximum Gasteiger partial charge on any atom is 0.0800 e. The Morgan fingerprint density at radius 1 is 1.36 bits per heavy atom. The molecule has 2 heteroatoms. The minimum atomic E-state index is -0.277. The Hall–Kier alpha value is -0.340. The lowest BCUT2D eigenvalue weighted by molar-refractivity contribution is 0.147. The molecule has 1 rings (SSSR count). The molecule has 1 aromatic rings. The van der Waals surface area contributed by atoms with Gasteiger partial charge in [0.2, 0.25) is 0 Å². The van der Waals surface area contributed by atoms with E-state index in [1.165, 1.54) is 5.56 Å². The molecule has 0 aliphatic rings. The summed E-state index contributed by atoms with van der Waals surface area (Å²) < 4.78 is 0. The summed E-state index contributed by atoms with van der Waals surface area (Å²) >= 11 is 1.67. The Labute approximate surface area is 90.8 Å². The van der Waals surface area contributed by atoms with Crippen molar-refractivity contribution in [1.82, 2.24) is 0 Å². The Balaban J connectivity index is 2.51. The molecule has 0 radical (unpaired) electrons. The van der Waals surface area contributed by atoms with Crippen LogP contribution in [0.2, 0.25) is 0 Å². The molecule has 0 bridgehead atoms. The highest BCUT2D eigenvalue weighted by atomic mass is 32.1. The van der Waals surface area contributed by atoms with Gasteiger partial charge in [-0.2, -0.15) is 11.3 Å². The van der Waals surface area contributed by atoms with Crippen molar-refractivity contribution in [1.29, 1.82) is 0 Å². The predicted octanol–water partition coefficient (Wildman–Crippen LogP) is 3.92. The van der Waals surface area contributed by atoms with Gasteiger partial charge in [-0.15, -0.1) is 0 Å². The number of hydrogen-bond acceptors (Lipinski definition) is 2. The number of aliphatic hydroxyl groups excluding tert-OH is 1. The number of aryl methyl sites for hydroxylation is 1. The fourth-order valence-corrected chi connectivity index (χ4v) is 2.33. The SMILES string of the molecule is Cc1cscc1C(O)CCC(C)(C)C. The second-order valence-electron chi connectivity index (χ2n) is 5.13. The van der Waals surface area contributed by atoms with Crippen molar-refractivity contribution >= 4 is 11.3 Å². The van der Waals surface area contributed by atoms with E-state index in [-0.39, 0.29) is 6.10 Å². The lowest BCUT2D eigenvalue weighted by atomic mass is 9.88. The summed E-state index contributed by atoms with van der Waals surface area (Å²) in [5.41, 5.74) is 2.64. The molecule has 14 heavy (non-hydrogen) atoms. The van der Waals surface area contributed by atoms with Crippen LogP contribution in [0, 0.1) is 12.3 Å². The number of aliphatic hydroxyl groups is 1. The standard InChI is InChI=1S/C12H20OS/c1-9-7-14-8-10(9)11(13)5-6-12(2,3)4/h7-8,11,13H,5-6H2,1-4H3. The third kappa shape index (κ3) is 3.43. The van der Waals surface area contributed by atoms with Crippen molar-refractivity contribution < 1.29 is 5.11 Å². The van der Waals surface area contributed by atoms with E-state index >= 15 is 0 Å². The first kappa shape index (κ1) is 11.7. The van der Waals surface area contributed by atoms with Crippen LogP contribution in [0.25, 0.3) is 0 Å². The topological polar surface area (TPSA) is 20.2 Å². The van der Waals surface area contributed by atoms with Gasteiger partial charge >= 0.3 is 0 Å². The van der Waals surface area contributed by atoms with Crippen molar-refractivity contribution in [3.63, 3.8) is 0 Å². The van der Waals surface area contributed by atoms with Gasteiger partial charge in [0.15, 0.2) is 0 Å². The van der Waals surface area contributed by atoms with Gasteiger partial charge in [-0.25, -0.2) is 0 Å². The van der Waals surface area contributed by atoms with Crippen molar-refractivity contribution in [2.24, 2.45) is 5.41 Å². The highest BCUT2D eigenvalue weighted by molar-refractivity contribution is 7.08. The zero-order valence-corrected chi connectivity index (χ0v) is 10.3. The third-order valence-corrected chi connectivity index (χ3v) is 3.30. The summed E-state index contributed by atoms with van der Waals surface area (Å²) in [5.74, 6) is 0. The number of hydrogen-bond donors (Lipinski definition) is 1. The van der Waals surface area contributed by atoms with Crippen molar-refractivity contribution in [2.45, 2.75) is 46.6 Å². The normalized spacial score (nSPS) is 14.4. The zero-order valence-electron chi connectivity index (χ0n) is 9.50. The molecule has 0 aromatic carbocycles. The molecule has 80 valence electrons. The van der Waals surface area contributed by atoms with E-state index in [9.17, 15) is 5.11 Å². The summed E-state index contributed by atoms with van der Waals surface area (Å²) in [4.78, 5) is 0. The van der Waals surface area contributed by atoms with Crippen molar-refractivity contribution in [2.75, 3.05) is 0 Å². The molecule has 0 spiro atoms. The van der Waals surface area contributed by atoms with Crippen molar-refractivity contribution in [3.05, 3.63) is 21.9 Å². The number of thiophene rings is 1. The van der Waals surface area contributed by atoms with Crippen LogP contribution in [0.3, 0.4) is 0 Å². The van der Waals surface area contributed by atoms with Crippen LogP contribution in [-0.2, 0) is 0 Å². The van der Waals surface area contributed by atoms with Gasteiger partial charge < -0.3 is 5.11 Å². The molecule has 0 saturated carbocycles. The molecule has 1 aromatic heterocycles. The Bertz CT molecular complexity index is 283. The Kier molecular flexibility index (Phi) is 3.73. The summed E-state index contributed by atoms with van der Waals surface area (Å²) in [7, 11) is 0. The molecule has 0 aliphatic heterocycles. The molecule has 1 atom stereocenters. The summed E-state index contributed by atoms with van der Waals surface area (Å²) in [5, 5.41) is 14.1. The van der Waals surface area contributed by atoms with E-state index in [1.54, 1.807) is 11.3 Å². The minimum Gasteiger partial charge on any atom is -0.388 e. The van der Waals surface area contributed by atoms with Gasteiger partial charge in [0.05, 0.1) is 6.10 Å². The second-order valence-corrected chi connectivity index (χ2v) is 5.87. The van der Waals surface area contributed by atoms with Crippen LogP contribution in [0.4, 0.5) is 0 Å². The lowest BCUT2D eigenvalue weighted by Gasteiger charge is -2.20. The van der Waals surface area contributed by atoms with E-state index in [2.05, 4.69) is 38.5 Å². The molecule has 1 nitrogen and oxygen atoms in total. The van der Waals surface area contributed by atoms with Gasteiger partial charge in [-0.05, 0) is 47.1 Å². The van der Waals surface area contributed by atoms with E-state index in [0.717, 1.165) is 18.4 Å². The van der Waals surface area contributed by atoms with E-state index in [0.29, 0.717) is 5.41 Å². The van der Waals surface area contributed by atoms with Crippen LogP contribution in [0.5, 0.6) is 0 Å². The smallest absolute Gasteiger partial charge is 0.0800 e. The first-order valence-electron chi connectivity index (χ1n) is 5.11. The highest BCUT2D eigenvalue weighted by Gasteiger charge is 2.16. The average Bonchev–Trinajstić information content (AvgIpc) is 2.46. The number of rotatable bonds is 3. The van der Waals surface area contributed by atoms with Gasteiger partial charge in [0.25, 0.3) is 0 Å². The van der Waals surface area contributed by atoms with Crippen molar-refractivity contribution in [3.8, 4) is 0 Å². The maximum absolute atomic E-state index is 9.96. The van der Waals surface area contributed by atoms with Gasteiger partial charge in [0, 0.05) is 0 Å². The molecule has 0 amide bonds. The quantitative estimate of drug-likeness (QED) is 0.805. The minimum absolute atomic E-state index is 0.277. The van der Waals surface area contributed by atoms with Gasteiger partial charge in [-0.1, -0.05) is 20.8 Å². The molecule has 0 fully saturated rings. The Morgan fingerprint density at radius 3 is 2.43 bits per heavy atom. The predicted molar refractivity (Wildman–Crippen MR) is 62.7 cm³/mol. The summed E-state index contributed by atoms with van der Waals surface area (Å²) in [6.07, 6.45) is 1.64. The first-order valence-corrected chi connectivity index (χ1v) is 6.05. The van der Waals surface area contributed by atoms with Crippen LogP contribution in [-0.4, -0.2) is 5.11 Å². The van der Waals surface area contributed by atoms with Crippen LogP contribution in [0.1, 0.15) is 50.8 Å². The fourth-order valence-electron chi connectivity index (χ4n) is 1.44. The molecular weight excluding hydrogens is 192 g/mol. The third-order valence-electron chi connectivity index (χ3n) is 2.42. The fraction of sp³-hybridized carbons (Fsp3) is 0.667. The summed E-state index contributed by atoms with van der Waals surface area (Å²) in [6.45, 7) is 8.69. The largest absolute Gasteiger partial charge is 0.388 e. The van der Waals surface area contributed by atoms with Gasteiger partial charge in [-0.3, -0.25) is 0 Å². The van der Waals surface area contributed by atoms with Crippen LogP contribution >= 0.6 is 11.3 Å². The molecular formula is C12H20OS. The molecule has 1 N–H and O–H groups in total. The van der Waals surface area contributed by atoms with Crippen LogP contribution < -0.4 is 0 Å². The van der Waals surface area contributed by atoms with Gasteiger partial charge in [0.1, 0.15) is 0 Å². The maximum atomic E-state index is 9.96. The van der Waals surface area contributed by atoms with E-state index in [1.807, 2.05) is 0 Å².